The van der Waals surface area contributed by atoms with Crippen molar-refractivity contribution in [1.82, 2.24) is 0 Å². The number of esters is 1. The summed E-state index contributed by atoms with van der Waals surface area (Å²) in [5, 5.41) is 113. The number of hydrogen-bond acceptors (Lipinski definition) is 19. The lowest BCUT2D eigenvalue weighted by Crippen LogP contribution is -2.64. The number of ether oxygens (including phenoxy) is 7. The number of benzene rings is 2. The minimum Gasteiger partial charge on any atom is -0.504 e. The highest BCUT2D eigenvalue weighted by molar-refractivity contribution is 5.87. The van der Waals surface area contributed by atoms with Crippen LogP contribution in [0.2, 0.25) is 0 Å². The number of hydrogen-bond donors (Lipinski definition) is 11. The molecule has 300 valence electrons. The molecule has 3 aliphatic heterocycles. The molecule has 3 saturated heterocycles. The fourth-order valence-corrected chi connectivity index (χ4v) is 6.02. The molecular weight excluding hydrogens is 724 g/mol. The summed E-state index contributed by atoms with van der Waals surface area (Å²) in [4.78, 5) is 12.1. The van der Waals surface area contributed by atoms with Crippen molar-refractivity contribution in [3.05, 3.63) is 53.6 Å². The molecule has 0 spiro atoms. The molecule has 0 radical (unpaired) electrons. The highest BCUT2D eigenvalue weighted by Crippen LogP contribution is 2.34. The van der Waals surface area contributed by atoms with Crippen LogP contribution in [0.4, 0.5) is 0 Å². The highest BCUT2D eigenvalue weighted by atomic mass is 16.8. The number of aliphatic hydroxyl groups excluding tert-OH is 8. The van der Waals surface area contributed by atoms with Crippen molar-refractivity contribution < 1.29 is 94.1 Å². The number of carbonyl (C=O) groups excluding carboxylic acids is 1. The first-order valence-corrected chi connectivity index (χ1v) is 17.1. The van der Waals surface area contributed by atoms with Gasteiger partial charge >= 0.3 is 5.97 Å². The molecule has 3 fully saturated rings. The van der Waals surface area contributed by atoms with Crippen LogP contribution in [-0.2, 0) is 39.6 Å². The predicted molar refractivity (Wildman–Crippen MR) is 178 cm³/mol. The van der Waals surface area contributed by atoms with Gasteiger partial charge in [-0.1, -0.05) is 12.1 Å². The number of phenolic OH excluding ortho intramolecular Hbond substituents is 3. The summed E-state index contributed by atoms with van der Waals surface area (Å²) in [5.41, 5.74) is 1.02. The summed E-state index contributed by atoms with van der Waals surface area (Å²) < 4.78 is 38.7. The molecule has 5 rings (SSSR count). The summed E-state index contributed by atoms with van der Waals surface area (Å²) in [6.45, 7) is 2.30. The van der Waals surface area contributed by atoms with Crippen molar-refractivity contribution in [3.63, 3.8) is 0 Å². The zero-order valence-electron chi connectivity index (χ0n) is 29.1. The Morgan fingerprint density at radius 1 is 0.685 bits per heavy atom. The van der Waals surface area contributed by atoms with E-state index in [0.717, 1.165) is 6.08 Å². The Labute approximate surface area is 308 Å². The van der Waals surface area contributed by atoms with E-state index in [2.05, 4.69) is 0 Å². The summed E-state index contributed by atoms with van der Waals surface area (Å²) in [6.07, 6.45) is -20.2. The number of carbonyl (C=O) groups is 1. The van der Waals surface area contributed by atoms with Crippen LogP contribution in [0.3, 0.4) is 0 Å². The molecule has 0 aromatic heterocycles. The van der Waals surface area contributed by atoms with Crippen LogP contribution in [0, 0.1) is 0 Å². The Hall–Kier alpha value is -3.67. The molecule has 54 heavy (non-hydrogen) atoms. The minimum absolute atomic E-state index is 0.0468. The lowest BCUT2D eigenvalue weighted by Gasteiger charge is -2.46. The van der Waals surface area contributed by atoms with Crippen molar-refractivity contribution in [2.75, 3.05) is 13.2 Å². The van der Waals surface area contributed by atoms with E-state index >= 15 is 0 Å². The Morgan fingerprint density at radius 3 is 2.06 bits per heavy atom. The monoisotopic (exact) mass is 770 g/mol. The summed E-state index contributed by atoms with van der Waals surface area (Å²) in [5.74, 6) is -1.77. The summed E-state index contributed by atoms with van der Waals surface area (Å²) in [6, 6.07) is 8.31. The van der Waals surface area contributed by atoms with Gasteiger partial charge in [-0.2, -0.15) is 0 Å². The standard InChI is InChI=1S/C35H46O19/c1-14-24(40)26(42)29(45)33(50-14)49-13-22-25(41)27(43)30(46)35(53-22)54-32-15(2)51-34(31(47)28(32)44)52-21-7-4-17(12-20(21)38)9-10-48-23(39)8-5-16-3-6-18(36)19(37)11-16/h3-8,11-12,14-15,22,24-38,40-47H,9-10,13H2,1-2H3/t14-,15-,22+,24+,25-,26+,27-,28-,29+,30+,31+,32+,33+,34-,35-/m0/s1. The molecule has 19 nitrogen and oxygen atoms in total. The predicted octanol–water partition coefficient (Wildman–Crippen LogP) is -2.52. The largest absolute Gasteiger partial charge is 0.504 e. The molecule has 0 bridgehead atoms. The maximum absolute atomic E-state index is 12.1. The molecule has 0 aliphatic carbocycles. The third kappa shape index (κ3) is 9.58. The Bertz CT molecular complexity index is 1590. The average Bonchev–Trinajstić information content (AvgIpc) is 3.14. The lowest BCUT2D eigenvalue weighted by molar-refractivity contribution is -0.356. The van der Waals surface area contributed by atoms with Gasteiger partial charge in [0.15, 0.2) is 35.6 Å². The second kappa shape index (κ2) is 17.9. The van der Waals surface area contributed by atoms with Crippen LogP contribution in [0.5, 0.6) is 23.0 Å². The van der Waals surface area contributed by atoms with Crippen molar-refractivity contribution in [3.8, 4) is 23.0 Å². The van der Waals surface area contributed by atoms with Gasteiger partial charge in [-0.05, 0) is 55.3 Å². The normalized spacial score (nSPS) is 37.3. The highest BCUT2D eigenvalue weighted by Gasteiger charge is 2.51. The number of aliphatic hydroxyl groups is 8. The topological polar surface area (TPSA) is 304 Å². The van der Waals surface area contributed by atoms with Crippen molar-refractivity contribution in [2.45, 2.75) is 112 Å². The first-order chi connectivity index (χ1) is 25.5. The van der Waals surface area contributed by atoms with Crippen LogP contribution >= 0.6 is 0 Å². The van der Waals surface area contributed by atoms with Crippen molar-refractivity contribution >= 4 is 12.0 Å². The molecule has 3 heterocycles. The summed E-state index contributed by atoms with van der Waals surface area (Å²) >= 11 is 0. The second-order valence-corrected chi connectivity index (χ2v) is 13.2. The van der Waals surface area contributed by atoms with Gasteiger partial charge in [-0.25, -0.2) is 4.79 Å². The van der Waals surface area contributed by atoms with E-state index in [-0.39, 0.29) is 36.0 Å². The molecule has 2 aromatic carbocycles. The van der Waals surface area contributed by atoms with Crippen molar-refractivity contribution in [2.24, 2.45) is 0 Å². The second-order valence-electron chi connectivity index (χ2n) is 13.2. The van der Waals surface area contributed by atoms with Crippen LogP contribution in [0.1, 0.15) is 25.0 Å². The van der Waals surface area contributed by atoms with Crippen LogP contribution in [0.25, 0.3) is 6.08 Å². The van der Waals surface area contributed by atoms with E-state index in [0.29, 0.717) is 11.1 Å². The van der Waals surface area contributed by atoms with Gasteiger partial charge in [0, 0.05) is 12.5 Å². The van der Waals surface area contributed by atoms with E-state index in [4.69, 9.17) is 33.2 Å². The number of rotatable bonds is 12. The van der Waals surface area contributed by atoms with Gasteiger partial charge in [0.2, 0.25) is 6.29 Å². The summed E-state index contributed by atoms with van der Waals surface area (Å²) in [7, 11) is 0. The Morgan fingerprint density at radius 2 is 1.35 bits per heavy atom. The molecule has 15 atom stereocenters. The van der Waals surface area contributed by atoms with Gasteiger partial charge in [0.05, 0.1) is 25.4 Å². The smallest absolute Gasteiger partial charge is 0.330 e. The fourth-order valence-electron chi connectivity index (χ4n) is 6.02. The molecule has 3 aliphatic rings. The molecule has 0 unspecified atom stereocenters. The SMILES string of the molecule is C[C@@H]1O[C@@H](OC[C@H]2O[C@@H](O[C@H]3[C@@H](O)[C@@H](O)[C@H](Oc4ccc(CCOC(=O)C=Cc5ccc(O)c(O)c5)cc4O)O[C@H]3C)[C@H](O)[C@@H](O)[C@H]2O)[C@H](O)[C@H](O)[C@@H]1O. The number of phenols is 3. The van der Waals surface area contributed by atoms with Crippen molar-refractivity contribution in [1.29, 1.82) is 0 Å². The zero-order valence-corrected chi connectivity index (χ0v) is 29.1. The van der Waals surface area contributed by atoms with E-state index in [1.165, 1.54) is 50.3 Å². The molecule has 0 saturated carbocycles. The maximum Gasteiger partial charge on any atom is 0.330 e. The van der Waals surface area contributed by atoms with Crippen LogP contribution < -0.4 is 4.74 Å². The Kier molecular flexibility index (Phi) is 13.7. The first-order valence-electron chi connectivity index (χ1n) is 17.1. The lowest BCUT2D eigenvalue weighted by atomic mass is 9.97. The molecule has 11 N–H and O–H groups in total. The van der Waals surface area contributed by atoms with E-state index < -0.39 is 105 Å². The number of aromatic hydroxyl groups is 3. The maximum atomic E-state index is 12.1. The quantitative estimate of drug-likeness (QED) is 0.0603. The third-order valence-corrected chi connectivity index (χ3v) is 9.28. The molecular formula is C35H46O19. The average molecular weight is 771 g/mol. The van der Waals surface area contributed by atoms with E-state index in [9.17, 15) is 61.0 Å². The third-order valence-electron chi connectivity index (χ3n) is 9.28. The van der Waals surface area contributed by atoms with Gasteiger partial charge < -0.3 is 89.3 Å². The van der Waals surface area contributed by atoms with Crippen LogP contribution in [0.15, 0.2) is 42.5 Å². The van der Waals surface area contributed by atoms with E-state index in [1.807, 2.05) is 0 Å². The minimum atomic E-state index is -1.84. The van der Waals surface area contributed by atoms with Crippen LogP contribution in [-0.4, -0.2) is 167 Å². The van der Waals surface area contributed by atoms with Gasteiger partial charge in [0.25, 0.3) is 0 Å². The molecule has 19 heteroatoms. The van der Waals surface area contributed by atoms with Gasteiger partial charge in [-0.3, -0.25) is 0 Å². The van der Waals surface area contributed by atoms with E-state index in [1.54, 1.807) is 6.07 Å². The van der Waals surface area contributed by atoms with Gasteiger partial charge in [-0.15, -0.1) is 0 Å². The molecule has 2 aromatic rings. The first kappa shape index (κ1) is 41.5. The van der Waals surface area contributed by atoms with Gasteiger partial charge in [0.1, 0.15) is 61.0 Å². The Balaban J connectivity index is 1.12. The fraction of sp³-hybridized carbons (Fsp3) is 0.571. The molecule has 0 amide bonds. The zero-order chi connectivity index (χ0) is 39.4.